The number of hydrogen-bond acceptors (Lipinski definition) is 4. The summed E-state index contributed by atoms with van der Waals surface area (Å²) in [5.74, 6) is 0.0584. The zero-order valence-corrected chi connectivity index (χ0v) is 14.0. The van der Waals surface area contributed by atoms with E-state index in [0.717, 1.165) is 48.1 Å². The maximum Gasteiger partial charge on any atom is 0.252 e. The van der Waals surface area contributed by atoms with Gasteiger partial charge >= 0.3 is 0 Å². The van der Waals surface area contributed by atoms with Crippen LogP contribution in [-0.4, -0.2) is 38.4 Å². The molecule has 0 saturated heterocycles. The van der Waals surface area contributed by atoms with Crippen LogP contribution in [0.5, 0.6) is 0 Å². The highest BCUT2D eigenvalue weighted by molar-refractivity contribution is 6.06. The molecule has 6 nitrogen and oxygen atoms in total. The lowest BCUT2D eigenvalue weighted by molar-refractivity contribution is 0.0874. The molecule has 2 atom stereocenters. The normalized spacial score (nSPS) is 21.6. The minimum absolute atomic E-state index is 0.0433. The van der Waals surface area contributed by atoms with Crippen LogP contribution in [0.25, 0.3) is 11.0 Å². The van der Waals surface area contributed by atoms with Crippen LogP contribution >= 0.6 is 0 Å². The highest BCUT2D eigenvalue weighted by atomic mass is 16.3. The Kier molecular flexibility index (Phi) is 4.35. The average Bonchev–Trinajstić information content (AvgIpc) is 2.81. The number of rotatable bonds is 3. The SMILES string of the molecule is Cc1cc(C(=O)NC2CCCCC2CO)c2c(C)nn(C)c2n1. The van der Waals surface area contributed by atoms with E-state index in [0.29, 0.717) is 5.56 Å². The van der Waals surface area contributed by atoms with Crippen LogP contribution in [0, 0.1) is 19.8 Å². The number of hydrogen-bond donors (Lipinski definition) is 2. The van der Waals surface area contributed by atoms with Gasteiger partial charge in [0.25, 0.3) is 5.91 Å². The van der Waals surface area contributed by atoms with Crippen molar-refractivity contribution in [1.82, 2.24) is 20.1 Å². The second-order valence-corrected chi connectivity index (χ2v) is 6.53. The molecular formula is C17H24N4O2. The number of amides is 1. The van der Waals surface area contributed by atoms with Crippen molar-refractivity contribution >= 4 is 16.9 Å². The molecule has 2 unspecified atom stereocenters. The second-order valence-electron chi connectivity index (χ2n) is 6.53. The Bertz CT molecular complexity index is 738. The molecule has 0 aliphatic heterocycles. The quantitative estimate of drug-likeness (QED) is 0.906. The minimum Gasteiger partial charge on any atom is -0.396 e. The third-order valence-corrected chi connectivity index (χ3v) is 4.80. The molecule has 0 bridgehead atoms. The first-order chi connectivity index (χ1) is 11.0. The van der Waals surface area contributed by atoms with E-state index in [1.165, 1.54) is 0 Å². The molecule has 0 aromatic carbocycles. The van der Waals surface area contributed by atoms with Gasteiger partial charge in [0.05, 0.1) is 16.6 Å². The number of carbonyl (C=O) groups is 1. The Hall–Kier alpha value is -1.95. The summed E-state index contributed by atoms with van der Waals surface area (Å²) >= 11 is 0. The summed E-state index contributed by atoms with van der Waals surface area (Å²) in [4.78, 5) is 17.3. The van der Waals surface area contributed by atoms with Crippen molar-refractivity contribution in [3.8, 4) is 0 Å². The van der Waals surface area contributed by atoms with E-state index < -0.39 is 0 Å². The van der Waals surface area contributed by atoms with Crippen molar-refractivity contribution < 1.29 is 9.90 Å². The van der Waals surface area contributed by atoms with E-state index in [1.54, 1.807) is 4.68 Å². The molecule has 1 aliphatic rings. The van der Waals surface area contributed by atoms with Crippen LogP contribution in [0.1, 0.15) is 47.4 Å². The summed E-state index contributed by atoms with van der Waals surface area (Å²) in [6, 6.07) is 1.87. The van der Waals surface area contributed by atoms with Crippen LogP contribution in [0.2, 0.25) is 0 Å². The molecule has 1 saturated carbocycles. The van der Waals surface area contributed by atoms with Crippen LogP contribution in [-0.2, 0) is 7.05 Å². The molecule has 23 heavy (non-hydrogen) atoms. The van der Waals surface area contributed by atoms with Crippen LogP contribution < -0.4 is 5.32 Å². The van der Waals surface area contributed by atoms with Gasteiger partial charge in [0.15, 0.2) is 5.65 Å². The van der Waals surface area contributed by atoms with Crippen molar-refractivity contribution in [3.05, 3.63) is 23.0 Å². The van der Waals surface area contributed by atoms with Gasteiger partial charge in [-0.05, 0) is 32.8 Å². The van der Waals surface area contributed by atoms with E-state index in [1.807, 2.05) is 27.0 Å². The van der Waals surface area contributed by atoms with E-state index in [9.17, 15) is 9.90 Å². The standard InChI is InChI=1S/C17H24N4O2/c1-10-8-13(15-11(2)20-21(3)16(15)18-10)17(23)19-14-7-5-4-6-12(14)9-22/h8,12,14,22H,4-7,9H2,1-3H3,(H,19,23). The number of aliphatic hydroxyl groups excluding tert-OH is 1. The lowest BCUT2D eigenvalue weighted by Crippen LogP contribution is -2.43. The van der Waals surface area contributed by atoms with Gasteiger partial charge < -0.3 is 10.4 Å². The van der Waals surface area contributed by atoms with Crippen LogP contribution in [0.15, 0.2) is 6.07 Å². The summed E-state index contributed by atoms with van der Waals surface area (Å²) in [7, 11) is 1.84. The molecule has 3 rings (SSSR count). The molecule has 2 N–H and O–H groups in total. The Morgan fingerprint density at radius 2 is 2.13 bits per heavy atom. The first-order valence-corrected chi connectivity index (χ1v) is 8.24. The Labute approximate surface area is 135 Å². The predicted octanol–water partition coefficient (Wildman–Crippen LogP) is 1.87. The third kappa shape index (κ3) is 2.95. The van der Waals surface area contributed by atoms with E-state index in [4.69, 9.17) is 0 Å². The molecule has 2 aromatic rings. The van der Waals surface area contributed by atoms with Gasteiger partial charge in [-0.15, -0.1) is 0 Å². The minimum atomic E-state index is -0.0954. The zero-order valence-electron chi connectivity index (χ0n) is 14.0. The average molecular weight is 316 g/mol. The highest BCUT2D eigenvalue weighted by Crippen LogP contribution is 2.26. The molecule has 1 amide bonds. The zero-order chi connectivity index (χ0) is 16.6. The van der Waals surface area contributed by atoms with Gasteiger partial charge in [-0.25, -0.2) is 4.98 Å². The highest BCUT2D eigenvalue weighted by Gasteiger charge is 2.27. The van der Waals surface area contributed by atoms with Gasteiger partial charge in [0, 0.05) is 31.3 Å². The number of aromatic nitrogens is 3. The maximum atomic E-state index is 12.8. The Balaban J connectivity index is 1.94. The van der Waals surface area contributed by atoms with Crippen LogP contribution in [0.4, 0.5) is 0 Å². The number of nitrogens with zero attached hydrogens (tertiary/aromatic N) is 3. The largest absolute Gasteiger partial charge is 0.396 e. The molecule has 2 heterocycles. The summed E-state index contributed by atoms with van der Waals surface area (Å²) in [5, 5.41) is 17.9. The second kappa shape index (κ2) is 6.28. The first kappa shape index (κ1) is 15.9. The topological polar surface area (TPSA) is 80.0 Å². The number of fused-ring (bicyclic) bond motifs is 1. The lowest BCUT2D eigenvalue weighted by atomic mass is 9.85. The molecule has 1 aliphatic carbocycles. The summed E-state index contributed by atoms with van der Waals surface area (Å²) in [6.07, 6.45) is 4.12. The molecule has 0 radical (unpaired) electrons. The first-order valence-electron chi connectivity index (χ1n) is 8.24. The smallest absolute Gasteiger partial charge is 0.252 e. The van der Waals surface area contributed by atoms with Crippen LogP contribution in [0.3, 0.4) is 0 Å². The number of carbonyl (C=O) groups excluding carboxylic acids is 1. The summed E-state index contributed by atoms with van der Waals surface area (Å²) in [5.41, 5.74) is 2.96. The van der Waals surface area contributed by atoms with Crippen molar-refractivity contribution in [1.29, 1.82) is 0 Å². The van der Waals surface area contributed by atoms with Crippen molar-refractivity contribution in [2.45, 2.75) is 45.6 Å². The molecule has 2 aromatic heterocycles. The maximum absolute atomic E-state index is 12.8. The number of aryl methyl sites for hydroxylation is 3. The van der Waals surface area contributed by atoms with Gasteiger partial charge in [0.2, 0.25) is 0 Å². The summed E-state index contributed by atoms with van der Waals surface area (Å²) in [6.45, 7) is 3.91. The third-order valence-electron chi connectivity index (χ3n) is 4.80. The number of nitrogens with one attached hydrogen (secondary N) is 1. The molecule has 124 valence electrons. The number of pyridine rings is 1. The van der Waals surface area contributed by atoms with Gasteiger partial charge in [0.1, 0.15) is 0 Å². The molecule has 0 spiro atoms. The fraction of sp³-hybridized carbons (Fsp3) is 0.588. The molecular weight excluding hydrogens is 292 g/mol. The fourth-order valence-corrected chi connectivity index (χ4v) is 3.61. The van der Waals surface area contributed by atoms with E-state index in [2.05, 4.69) is 15.4 Å². The number of aliphatic hydroxyl groups is 1. The molecule has 6 heteroatoms. The van der Waals surface area contributed by atoms with Crippen molar-refractivity contribution in [3.63, 3.8) is 0 Å². The lowest BCUT2D eigenvalue weighted by Gasteiger charge is -2.31. The van der Waals surface area contributed by atoms with Crippen molar-refractivity contribution in [2.24, 2.45) is 13.0 Å². The Morgan fingerprint density at radius 3 is 2.87 bits per heavy atom. The monoisotopic (exact) mass is 316 g/mol. The summed E-state index contributed by atoms with van der Waals surface area (Å²) < 4.78 is 1.71. The molecule has 1 fully saturated rings. The van der Waals surface area contributed by atoms with Gasteiger partial charge in [-0.3, -0.25) is 9.48 Å². The van der Waals surface area contributed by atoms with Gasteiger partial charge in [-0.2, -0.15) is 5.10 Å². The Morgan fingerprint density at radius 1 is 1.39 bits per heavy atom. The van der Waals surface area contributed by atoms with Gasteiger partial charge in [-0.1, -0.05) is 12.8 Å². The predicted molar refractivity (Wildman–Crippen MR) is 88.3 cm³/mol. The van der Waals surface area contributed by atoms with E-state index >= 15 is 0 Å². The fourth-order valence-electron chi connectivity index (χ4n) is 3.61. The van der Waals surface area contributed by atoms with Crippen molar-refractivity contribution in [2.75, 3.05) is 6.61 Å². The van der Waals surface area contributed by atoms with E-state index in [-0.39, 0.29) is 24.5 Å².